The van der Waals surface area contributed by atoms with E-state index in [-0.39, 0.29) is 5.84 Å². The van der Waals surface area contributed by atoms with Crippen LogP contribution in [0.2, 0.25) is 0 Å². The van der Waals surface area contributed by atoms with Crippen LogP contribution >= 0.6 is 0 Å². The molecule has 0 radical (unpaired) electrons. The maximum atomic E-state index is 7.71. The van der Waals surface area contributed by atoms with Gasteiger partial charge in [0.15, 0.2) is 0 Å². The number of anilines is 1. The van der Waals surface area contributed by atoms with Gasteiger partial charge in [0.25, 0.3) is 0 Å². The highest BCUT2D eigenvalue weighted by Crippen LogP contribution is 2.30. The van der Waals surface area contributed by atoms with E-state index < -0.39 is 0 Å². The third-order valence-electron chi connectivity index (χ3n) is 4.15. The van der Waals surface area contributed by atoms with E-state index >= 15 is 0 Å². The van der Waals surface area contributed by atoms with Gasteiger partial charge in [-0.1, -0.05) is 38.1 Å². The molecule has 0 aliphatic heterocycles. The fourth-order valence-corrected chi connectivity index (χ4v) is 2.49. The lowest BCUT2D eigenvalue weighted by atomic mass is 9.99. The number of benzene rings is 2. The summed E-state index contributed by atoms with van der Waals surface area (Å²) in [7, 11) is 2.12. The van der Waals surface area contributed by atoms with Crippen LogP contribution in [0.5, 0.6) is 0 Å². The minimum Gasteiger partial charge on any atom is -0.384 e. The Kier molecular flexibility index (Phi) is 3.98. The molecular weight excluding hydrogens is 246 g/mol. The standard InChI is InChI=1S/C17H23N3/c1-11(2)12(3)20(4)16-10-9-15(17(18)19)13-7-5-6-8-14(13)16/h5-12H,1-4H3,(H3,18,19). The summed E-state index contributed by atoms with van der Waals surface area (Å²) in [5, 5.41) is 9.90. The van der Waals surface area contributed by atoms with Crippen molar-refractivity contribution in [3.05, 3.63) is 42.0 Å². The lowest BCUT2D eigenvalue weighted by Crippen LogP contribution is -2.33. The van der Waals surface area contributed by atoms with E-state index in [9.17, 15) is 0 Å². The van der Waals surface area contributed by atoms with Gasteiger partial charge in [-0.2, -0.15) is 0 Å². The molecule has 0 heterocycles. The second-order valence-electron chi connectivity index (χ2n) is 5.69. The van der Waals surface area contributed by atoms with Crippen molar-refractivity contribution in [2.45, 2.75) is 26.8 Å². The molecule has 2 aromatic carbocycles. The van der Waals surface area contributed by atoms with Gasteiger partial charge in [-0.05, 0) is 30.4 Å². The zero-order chi connectivity index (χ0) is 14.9. The van der Waals surface area contributed by atoms with Crippen LogP contribution in [-0.4, -0.2) is 18.9 Å². The lowest BCUT2D eigenvalue weighted by Gasteiger charge is -2.31. The number of hydrogen-bond acceptors (Lipinski definition) is 2. The van der Waals surface area contributed by atoms with Gasteiger partial charge < -0.3 is 10.6 Å². The van der Waals surface area contributed by atoms with Crippen molar-refractivity contribution < 1.29 is 0 Å². The summed E-state index contributed by atoms with van der Waals surface area (Å²) in [6.45, 7) is 6.69. The molecule has 0 aliphatic carbocycles. The van der Waals surface area contributed by atoms with Gasteiger partial charge in [0.1, 0.15) is 5.84 Å². The van der Waals surface area contributed by atoms with Crippen LogP contribution in [0, 0.1) is 11.3 Å². The van der Waals surface area contributed by atoms with E-state index in [0.29, 0.717) is 12.0 Å². The smallest absolute Gasteiger partial charge is 0.123 e. The van der Waals surface area contributed by atoms with Crippen LogP contribution in [0.3, 0.4) is 0 Å². The minimum atomic E-state index is 0.118. The van der Waals surface area contributed by atoms with E-state index in [1.54, 1.807) is 0 Å². The van der Waals surface area contributed by atoms with E-state index in [0.717, 1.165) is 16.3 Å². The van der Waals surface area contributed by atoms with Crippen LogP contribution < -0.4 is 10.6 Å². The first-order valence-corrected chi connectivity index (χ1v) is 7.02. The molecule has 3 nitrogen and oxygen atoms in total. The highest BCUT2D eigenvalue weighted by Gasteiger charge is 2.17. The number of nitrogens with one attached hydrogen (secondary N) is 1. The Balaban J connectivity index is 2.62. The summed E-state index contributed by atoms with van der Waals surface area (Å²) in [4.78, 5) is 2.30. The topological polar surface area (TPSA) is 53.1 Å². The molecule has 3 N–H and O–H groups in total. The average molecular weight is 269 g/mol. The molecule has 1 unspecified atom stereocenters. The zero-order valence-electron chi connectivity index (χ0n) is 12.6. The fraction of sp³-hybridized carbons (Fsp3) is 0.353. The molecule has 0 amide bonds. The molecule has 2 rings (SSSR count). The van der Waals surface area contributed by atoms with Crippen LogP contribution in [0.15, 0.2) is 36.4 Å². The van der Waals surface area contributed by atoms with Crippen molar-refractivity contribution in [2.75, 3.05) is 11.9 Å². The minimum absolute atomic E-state index is 0.118. The van der Waals surface area contributed by atoms with E-state index in [1.165, 1.54) is 5.69 Å². The average Bonchev–Trinajstić information content (AvgIpc) is 2.44. The Morgan fingerprint density at radius 1 is 1.05 bits per heavy atom. The summed E-state index contributed by atoms with van der Waals surface area (Å²) in [6, 6.07) is 12.6. The number of rotatable bonds is 4. The molecule has 20 heavy (non-hydrogen) atoms. The Morgan fingerprint density at radius 2 is 1.65 bits per heavy atom. The van der Waals surface area contributed by atoms with Crippen LogP contribution in [0.25, 0.3) is 10.8 Å². The van der Waals surface area contributed by atoms with Gasteiger partial charge in [0.05, 0.1) is 0 Å². The molecule has 0 fully saturated rings. The van der Waals surface area contributed by atoms with Crippen molar-refractivity contribution >= 4 is 22.3 Å². The largest absolute Gasteiger partial charge is 0.384 e. The quantitative estimate of drug-likeness (QED) is 0.658. The van der Waals surface area contributed by atoms with Crippen LogP contribution in [0.1, 0.15) is 26.3 Å². The molecule has 0 aromatic heterocycles. The van der Waals surface area contributed by atoms with Crippen molar-refractivity contribution in [1.29, 1.82) is 5.41 Å². The van der Waals surface area contributed by atoms with Gasteiger partial charge >= 0.3 is 0 Å². The lowest BCUT2D eigenvalue weighted by molar-refractivity contribution is 0.506. The second-order valence-corrected chi connectivity index (χ2v) is 5.69. The van der Waals surface area contributed by atoms with E-state index in [1.807, 2.05) is 24.3 Å². The Hall–Kier alpha value is -2.03. The predicted molar refractivity (Wildman–Crippen MR) is 87.7 cm³/mol. The summed E-state index contributed by atoms with van der Waals surface area (Å²) in [5.74, 6) is 0.693. The van der Waals surface area contributed by atoms with Crippen LogP contribution in [-0.2, 0) is 0 Å². The number of nitrogens with two attached hydrogens (primary N) is 1. The number of amidine groups is 1. The highest BCUT2D eigenvalue weighted by atomic mass is 15.1. The maximum absolute atomic E-state index is 7.71. The number of nitrogen functional groups attached to an aromatic ring is 1. The Morgan fingerprint density at radius 3 is 2.20 bits per heavy atom. The summed E-state index contributed by atoms with van der Waals surface area (Å²) >= 11 is 0. The SMILES string of the molecule is CC(C)C(C)N(C)c1ccc(C(=N)N)c2ccccc12. The number of hydrogen-bond donors (Lipinski definition) is 2. The second kappa shape index (κ2) is 5.53. The van der Waals surface area contributed by atoms with Gasteiger partial charge in [0, 0.05) is 29.7 Å². The first-order chi connectivity index (χ1) is 9.43. The molecule has 3 heteroatoms. The van der Waals surface area contributed by atoms with Gasteiger partial charge in [-0.15, -0.1) is 0 Å². The van der Waals surface area contributed by atoms with Crippen molar-refractivity contribution in [2.24, 2.45) is 11.7 Å². The predicted octanol–water partition coefficient (Wildman–Crippen LogP) is 3.60. The first-order valence-electron chi connectivity index (χ1n) is 7.02. The fourth-order valence-electron chi connectivity index (χ4n) is 2.49. The normalized spacial score (nSPS) is 12.7. The highest BCUT2D eigenvalue weighted by molar-refractivity contribution is 6.10. The summed E-state index contributed by atoms with van der Waals surface area (Å²) < 4.78 is 0. The van der Waals surface area contributed by atoms with Crippen molar-refractivity contribution in [3.63, 3.8) is 0 Å². The molecule has 0 bridgehead atoms. The van der Waals surface area contributed by atoms with Gasteiger partial charge in [-0.3, -0.25) is 5.41 Å². The molecule has 106 valence electrons. The summed E-state index contributed by atoms with van der Waals surface area (Å²) in [5.41, 5.74) is 7.67. The third kappa shape index (κ3) is 2.48. The molecule has 1 atom stereocenters. The zero-order valence-corrected chi connectivity index (χ0v) is 12.6. The molecular formula is C17H23N3. The number of fused-ring (bicyclic) bond motifs is 1. The third-order valence-corrected chi connectivity index (χ3v) is 4.15. The molecule has 0 spiro atoms. The van der Waals surface area contributed by atoms with E-state index in [4.69, 9.17) is 11.1 Å². The molecule has 0 saturated carbocycles. The Labute approximate surface area is 120 Å². The molecule has 2 aromatic rings. The van der Waals surface area contributed by atoms with Gasteiger partial charge in [-0.25, -0.2) is 0 Å². The number of nitrogens with zero attached hydrogens (tertiary/aromatic N) is 1. The Bertz CT molecular complexity index is 631. The maximum Gasteiger partial charge on any atom is 0.123 e. The van der Waals surface area contributed by atoms with Crippen molar-refractivity contribution in [3.8, 4) is 0 Å². The van der Waals surface area contributed by atoms with Crippen molar-refractivity contribution in [1.82, 2.24) is 0 Å². The first kappa shape index (κ1) is 14.4. The van der Waals surface area contributed by atoms with E-state index in [2.05, 4.69) is 44.9 Å². The van der Waals surface area contributed by atoms with Crippen LogP contribution in [0.4, 0.5) is 5.69 Å². The molecule has 0 saturated heterocycles. The monoisotopic (exact) mass is 269 g/mol. The van der Waals surface area contributed by atoms with Gasteiger partial charge in [0.2, 0.25) is 0 Å². The molecule has 0 aliphatic rings. The summed E-state index contributed by atoms with van der Waals surface area (Å²) in [6.07, 6.45) is 0.